The van der Waals surface area contributed by atoms with E-state index in [0.29, 0.717) is 24.0 Å². The van der Waals surface area contributed by atoms with E-state index in [0.717, 1.165) is 13.1 Å². The number of primary amides is 1. The standard InChI is InChI=1S/C22H24FN5O4/c1-27-18-12-20(16(22(24)30)10-14(18)13-26-27)32-19-3-2-15(11-17(19)23)31-9-4-21(29)28-7-5-25-6-8-28/h2-3,10-13,25H,4-9H2,1H3,(H2,24,30). The smallest absolute Gasteiger partial charge is 0.252 e. The monoisotopic (exact) mass is 441 g/mol. The van der Waals surface area contributed by atoms with Crippen molar-refractivity contribution >= 4 is 22.7 Å². The van der Waals surface area contributed by atoms with Crippen LogP contribution in [-0.2, 0) is 11.8 Å². The van der Waals surface area contributed by atoms with E-state index in [9.17, 15) is 14.0 Å². The lowest BCUT2D eigenvalue weighted by atomic mass is 10.1. The summed E-state index contributed by atoms with van der Waals surface area (Å²) < 4.78 is 27.5. The summed E-state index contributed by atoms with van der Waals surface area (Å²) in [6.45, 7) is 3.06. The molecule has 0 saturated carbocycles. The van der Waals surface area contributed by atoms with E-state index in [-0.39, 0.29) is 41.7 Å². The van der Waals surface area contributed by atoms with Gasteiger partial charge in [-0.25, -0.2) is 4.39 Å². The molecule has 3 aromatic rings. The summed E-state index contributed by atoms with van der Waals surface area (Å²) in [6.07, 6.45) is 1.82. The fraction of sp³-hybridized carbons (Fsp3) is 0.318. The molecule has 1 fully saturated rings. The molecule has 10 heteroatoms. The second kappa shape index (κ2) is 9.23. The lowest BCUT2D eigenvalue weighted by Gasteiger charge is -2.27. The molecule has 2 aromatic carbocycles. The Morgan fingerprint density at radius 3 is 2.69 bits per heavy atom. The van der Waals surface area contributed by atoms with Gasteiger partial charge >= 0.3 is 0 Å². The number of hydrogen-bond donors (Lipinski definition) is 2. The number of carbonyl (C=O) groups is 2. The quantitative estimate of drug-likeness (QED) is 0.578. The lowest BCUT2D eigenvalue weighted by Crippen LogP contribution is -2.46. The van der Waals surface area contributed by atoms with E-state index in [1.807, 2.05) is 0 Å². The Labute approximate surface area is 183 Å². The summed E-state index contributed by atoms with van der Waals surface area (Å²) in [4.78, 5) is 25.8. The van der Waals surface area contributed by atoms with Gasteiger partial charge in [0.2, 0.25) is 5.91 Å². The summed E-state index contributed by atoms with van der Waals surface area (Å²) in [5, 5.41) is 8.04. The number of ether oxygens (including phenoxy) is 2. The highest BCUT2D eigenvalue weighted by Crippen LogP contribution is 2.32. The Bertz CT molecular complexity index is 1160. The van der Waals surface area contributed by atoms with Crippen LogP contribution in [0.3, 0.4) is 0 Å². The van der Waals surface area contributed by atoms with E-state index < -0.39 is 11.7 Å². The zero-order valence-electron chi connectivity index (χ0n) is 17.6. The van der Waals surface area contributed by atoms with Crippen LogP contribution >= 0.6 is 0 Å². The Hall–Kier alpha value is -3.66. The Morgan fingerprint density at radius 2 is 1.97 bits per heavy atom. The van der Waals surface area contributed by atoms with Gasteiger partial charge in [0.1, 0.15) is 11.5 Å². The van der Waals surface area contributed by atoms with Crippen LogP contribution in [0.15, 0.2) is 36.5 Å². The third-order valence-corrected chi connectivity index (χ3v) is 5.29. The molecule has 0 atom stereocenters. The summed E-state index contributed by atoms with van der Waals surface area (Å²) in [5.74, 6) is -1.03. The number of carbonyl (C=O) groups excluding carboxylic acids is 2. The number of amides is 2. The zero-order chi connectivity index (χ0) is 22.7. The third-order valence-electron chi connectivity index (χ3n) is 5.29. The number of aromatic nitrogens is 2. The first-order valence-corrected chi connectivity index (χ1v) is 10.3. The van der Waals surface area contributed by atoms with Crippen LogP contribution in [0, 0.1) is 5.82 Å². The highest BCUT2D eigenvalue weighted by atomic mass is 19.1. The Balaban J connectivity index is 1.43. The van der Waals surface area contributed by atoms with E-state index in [4.69, 9.17) is 15.2 Å². The molecule has 2 amide bonds. The van der Waals surface area contributed by atoms with Gasteiger partial charge in [-0.15, -0.1) is 0 Å². The van der Waals surface area contributed by atoms with E-state index in [1.165, 1.54) is 12.1 Å². The fourth-order valence-electron chi connectivity index (χ4n) is 3.56. The third kappa shape index (κ3) is 4.65. The van der Waals surface area contributed by atoms with Crippen LogP contribution < -0.4 is 20.5 Å². The maximum absolute atomic E-state index is 14.7. The second-order valence-corrected chi connectivity index (χ2v) is 7.46. The van der Waals surface area contributed by atoms with Crippen molar-refractivity contribution < 1.29 is 23.5 Å². The van der Waals surface area contributed by atoms with E-state index in [2.05, 4.69) is 10.4 Å². The predicted octanol–water partition coefficient (Wildman–Crippen LogP) is 1.80. The Morgan fingerprint density at radius 1 is 1.19 bits per heavy atom. The van der Waals surface area contributed by atoms with E-state index >= 15 is 0 Å². The van der Waals surface area contributed by atoms with Crippen LogP contribution in [0.5, 0.6) is 17.2 Å². The Kier molecular flexibility index (Phi) is 6.22. The molecule has 3 N–H and O–H groups in total. The lowest BCUT2D eigenvalue weighted by molar-refractivity contribution is -0.132. The van der Waals surface area contributed by atoms with Crippen molar-refractivity contribution in [3.63, 3.8) is 0 Å². The van der Waals surface area contributed by atoms with Crippen molar-refractivity contribution in [3.05, 3.63) is 47.9 Å². The van der Waals surface area contributed by atoms with Gasteiger partial charge in [0.05, 0.1) is 30.3 Å². The van der Waals surface area contributed by atoms with Crippen LogP contribution in [0.25, 0.3) is 10.9 Å². The predicted molar refractivity (Wildman–Crippen MR) is 115 cm³/mol. The first kappa shape index (κ1) is 21.6. The molecule has 0 radical (unpaired) electrons. The average molecular weight is 441 g/mol. The molecule has 0 bridgehead atoms. The van der Waals surface area contributed by atoms with Gasteiger partial charge in [-0.1, -0.05) is 0 Å². The number of piperazine rings is 1. The first-order chi connectivity index (χ1) is 15.4. The first-order valence-electron chi connectivity index (χ1n) is 10.3. The molecule has 168 valence electrons. The van der Waals surface area contributed by atoms with Crippen molar-refractivity contribution in [2.24, 2.45) is 12.8 Å². The summed E-state index contributed by atoms with van der Waals surface area (Å²) in [7, 11) is 1.75. The van der Waals surface area contributed by atoms with Crippen molar-refractivity contribution in [2.75, 3.05) is 32.8 Å². The highest BCUT2D eigenvalue weighted by Gasteiger charge is 2.18. The number of aryl methyl sites for hydroxylation is 1. The molecule has 1 saturated heterocycles. The molecule has 1 aromatic heterocycles. The number of nitrogens with zero attached hydrogens (tertiary/aromatic N) is 3. The SMILES string of the molecule is Cn1ncc2cc(C(N)=O)c(Oc3ccc(OCCC(=O)N4CCNCC4)cc3F)cc21. The zero-order valence-corrected chi connectivity index (χ0v) is 17.6. The molecular weight excluding hydrogens is 417 g/mol. The number of nitrogens with two attached hydrogens (primary N) is 1. The molecule has 0 aliphatic carbocycles. The number of fused-ring (bicyclic) bond motifs is 1. The normalized spacial score (nSPS) is 13.9. The summed E-state index contributed by atoms with van der Waals surface area (Å²) >= 11 is 0. The maximum Gasteiger partial charge on any atom is 0.252 e. The van der Waals surface area contributed by atoms with Gasteiger partial charge in [-0.2, -0.15) is 5.10 Å². The largest absolute Gasteiger partial charge is 0.493 e. The molecule has 0 spiro atoms. The molecule has 4 rings (SSSR count). The molecular formula is C22H24FN5O4. The van der Waals surface area contributed by atoms with Crippen LogP contribution in [0.1, 0.15) is 16.8 Å². The number of nitrogens with one attached hydrogen (secondary N) is 1. The van der Waals surface area contributed by atoms with Crippen LogP contribution in [-0.4, -0.2) is 59.3 Å². The minimum absolute atomic E-state index is 0.0106. The number of halogens is 1. The maximum atomic E-state index is 14.7. The highest BCUT2D eigenvalue weighted by molar-refractivity contribution is 6.00. The molecule has 32 heavy (non-hydrogen) atoms. The van der Waals surface area contributed by atoms with Gasteiger partial charge in [-0.05, 0) is 18.2 Å². The molecule has 9 nitrogen and oxygen atoms in total. The summed E-state index contributed by atoms with van der Waals surface area (Å²) in [5.41, 5.74) is 6.30. The van der Waals surface area contributed by atoms with Gasteiger partial charge in [0.25, 0.3) is 5.91 Å². The van der Waals surface area contributed by atoms with Crippen molar-refractivity contribution in [3.8, 4) is 17.2 Å². The number of benzene rings is 2. The van der Waals surface area contributed by atoms with Crippen molar-refractivity contribution in [1.29, 1.82) is 0 Å². The molecule has 1 aliphatic heterocycles. The van der Waals surface area contributed by atoms with Crippen molar-refractivity contribution in [1.82, 2.24) is 20.0 Å². The second-order valence-electron chi connectivity index (χ2n) is 7.46. The van der Waals surface area contributed by atoms with Crippen LogP contribution in [0.4, 0.5) is 4.39 Å². The van der Waals surface area contributed by atoms with Crippen LogP contribution in [0.2, 0.25) is 0 Å². The average Bonchev–Trinajstić information content (AvgIpc) is 3.15. The molecule has 1 aliphatic rings. The number of hydrogen-bond acceptors (Lipinski definition) is 6. The van der Waals surface area contributed by atoms with Crippen molar-refractivity contribution in [2.45, 2.75) is 6.42 Å². The molecule has 0 unspecified atom stereocenters. The van der Waals surface area contributed by atoms with Gasteiger partial charge in [-0.3, -0.25) is 14.3 Å². The number of rotatable bonds is 7. The van der Waals surface area contributed by atoms with Gasteiger partial charge in [0, 0.05) is 50.7 Å². The van der Waals surface area contributed by atoms with Gasteiger partial charge in [0.15, 0.2) is 11.6 Å². The topological polar surface area (TPSA) is 112 Å². The minimum Gasteiger partial charge on any atom is -0.493 e. The molecule has 2 heterocycles. The minimum atomic E-state index is -0.694. The fourth-order valence-corrected chi connectivity index (χ4v) is 3.56. The van der Waals surface area contributed by atoms with E-state index in [1.54, 1.807) is 41.0 Å². The van der Waals surface area contributed by atoms with Gasteiger partial charge < -0.3 is 25.4 Å². The summed E-state index contributed by atoms with van der Waals surface area (Å²) in [6, 6.07) is 7.28.